The van der Waals surface area contributed by atoms with Crippen molar-refractivity contribution in [2.24, 2.45) is 5.92 Å². The van der Waals surface area contributed by atoms with Crippen LogP contribution in [0.5, 0.6) is 0 Å². The third-order valence-electron chi connectivity index (χ3n) is 6.34. The molecule has 3 heterocycles. The van der Waals surface area contributed by atoms with Crippen molar-refractivity contribution in [1.29, 1.82) is 0 Å². The van der Waals surface area contributed by atoms with E-state index in [0.29, 0.717) is 25.7 Å². The molecule has 1 fully saturated rings. The summed E-state index contributed by atoms with van der Waals surface area (Å²) < 4.78 is 7.60. The molecule has 1 aromatic heterocycles. The van der Waals surface area contributed by atoms with Crippen LogP contribution in [0.4, 0.5) is 0 Å². The topological polar surface area (TPSA) is 72.3 Å². The van der Waals surface area contributed by atoms with Crippen molar-refractivity contribution in [3.8, 4) is 0 Å². The zero-order chi connectivity index (χ0) is 20.8. The summed E-state index contributed by atoms with van der Waals surface area (Å²) in [5, 5.41) is 11.9. The molecule has 2 aliphatic heterocycles. The minimum atomic E-state index is 0.0921. The van der Waals surface area contributed by atoms with Gasteiger partial charge in [-0.25, -0.2) is 0 Å². The minimum Gasteiger partial charge on any atom is -0.381 e. The number of carbonyl (C=O) groups excluding carboxylic acids is 1. The Morgan fingerprint density at radius 2 is 1.97 bits per heavy atom. The molecule has 1 saturated heterocycles. The first-order valence-corrected chi connectivity index (χ1v) is 11.2. The van der Waals surface area contributed by atoms with E-state index in [1.807, 2.05) is 0 Å². The minimum absolute atomic E-state index is 0.0921. The van der Waals surface area contributed by atoms with E-state index in [4.69, 9.17) is 4.74 Å². The summed E-state index contributed by atoms with van der Waals surface area (Å²) in [6.07, 6.45) is 3.29. The van der Waals surface area contributed by atoms with Crippen molar-refractivity contribution >= 4 is 5.91 Å². The van der Waals surface area contributed by atoms with Crippen molar-refractivity contribution < 1.29 is 9.53 Å². The SMILES string of the molecule is CC(CN1CCc2nnc(CCNC(=O)C3CCOCC3)n2CC1)c1ccccc1. The molecule has 1 atom stereocenters. The molecule has 0 radical (unpaired) electrons. The number of amides is 1. The molecule has 1 unspecified atom stereocenters. The highest BCUT2D eigenvalue weighted by atomic mass is 16.5. The maximum absolute atomic E-state index is 12.3. The first-order chi connectivity index (χ1) is 14.7. The van der Waals surface area contributed by atoms with E-state index in [2.05, 4.69) is 62.2 Å². The highest BCUT2D eigenvalue weighted by Gasteiger charge is 2.22. The van der Waals surface area contributed by atoms with Gasteiger partial charge in [-0.2, -0.15) is 0 Å². The number of benzene rings is 1. The average Bonchev–Trinajstić information content (AvgIpc) is 3.06. The second-order valence-corrected chi connectivity index (χ2v) is 8.47. The van der Waals surface area contributed by atoms with Gasteiger partial charge in [0.15, 0.2) is 0 Å². The van der Waals surface area contributed by atoms with Gasteiger partial charge in [0.25, 0.3) is 0 Å². The lowest BCUT2D eigenvalue weighted by Gasteiger charge is -2.24. The molecule has 30 heavy (non-hydrogen) atoms. The number of carbonyl (C=O) groups is 1. The Balaban J connectivity index is 1.27. The van der Waals surface area contributed by atoms with E-state index >= 15 is 0 Å². The highest BCUT2D eigenvalue weighted by Crippen LogP contribution is 2.18. The van der Waals surface area contributed by atoms with E-state index in [1.165, 1.54) is 5.56 Å². The third kappa shape index (κ3) is 5.26. The number of aromatic nitrogens is 3. The predicted octanol–water partition coefficient (Wildman–Crippen LogP) is 2.03. The summed E-state index contributed by atoms with van der Waals surface area (Å²) in [4.78, 5) is 14.8. The Morgan fingerprint density at radius 1 is 1.17 bits per heavy atom. The van der Waals surface area contributed by atoms with Gasteiger partial charge < -0.3 is 19.5 Å². The van der Waals surface area contributed by atoms with Crippen LogP contribution in [0.2, 0.25) is 0 Å². The smallest absolute Gasteiger partial charge is 0.223 e. The van der Waals surface area contributed by atoms with Gasteiger partial charge in [-0.15, -0.1) is 10.2 Å². The lowest BCUT2D eigenvalue weighted by Crippen LogP contribution is -2.35. The maximum Gasteiger partial charge on any atom is 0.223 e. The molecule has 1 amide bonds. The Morgan fingerprint density at radius 3 is 2.77 bits per heavy atom. The molecule has 162 valence electrons. The summed E-state index contributed by atoms with van der Waals surface area (Å²) >= 11 is 0. The monoisotopic (exact) mass is 411 g/mol. The van der Waals surface area contributed by atoms with Gasteiger partial charge in [-0.1, -0.05) is 37.3 Å². The van der Waals surface area contributed by atoms with E-state index in [9.17, 15) is 4.79 Å². The summed E-state index contributed by atoms with van der Waals surface area (Å²) in [7, 11) is 0. The van der Waals surface area contributed by atoms with Crippen molar-refractivity contribution in [3.63, 3.8) is 0 Å². The first-order valence-electron chi connectivity index (χ1n) is 11.2. The van der Waals surface area contributed by atoms with Crippen LogP contribution in [0.1, 0.15) is 42.9 Å². The molecule has 7 nitrogen and oxygen atoms in total. The fourth-order valence-corrected chi connectivity index (χ4v) is 4.47. The van der Waals surface area contributed by atoms with Crippen LogP contribution in [-0.4, -0.2) is 65.0 Å². The lowest BCUT2D eigenvalue weighted by molar-refractivity contribution is -0.127. The highest BCUT2D eigenvalue weighted by molar-refractivity contribution is 5.78. The Bertz CT molecular complexity index is 816. The summed E-state index contributed by atoms with van der Waals surface area (Å²) in [6, 6.07) is 10.7. The third-order valence-corrected chi connectivity index (χ3v) is 6.34. The molecule has 0 spiro atoms. The second kappa shape index (κ2) is 10.2. The number of nitrogens with zero attached hydrogens (tertiary/aromatic N) is 4. The molecule has 0 saturated carbocycles. The molecule has 2 aromatic rings. The van der Waals surface area contributed by atoms with Crippen LogP contribution in [0.15, 0.2) is 30.3 Å². The van der Waals surface area contributed by atoms with Crippen molar-refractivity contribution in [1.82, 2.24) is 25.0 Å². The van der Waals surface area contributed by atoms with Gasteiger partial charge in [-0.3, -0.25) is 4.79 Å². The molecular formula is C23H33N5O2. The molecule has 1 aromatic carbocycles. The maximum atomic E-state index is 12.3. The fourth-order valence-electron chi connectivity index (χ4n) is 4.47. The van der Waals surface area contributed by atoms with Gasteiger partial charge in [0.05, 0.1) is 0 Å². The molecular weight excluding hydrogens is 378 g/mol. The van der Waals surface area contributed by atoms with Crippen LogP contribution in [-0.2, 0) is 28.9 Å². The lowest BCUT2D eigenvalue weighted by atomic mass is 9.99. The summed E-state index contributed by atoms with van der Waals surface area (Å²) in [6.45, 7) is 8.27. The van der Waals surface area contributed by atoms with E-state index in [1.54, 1.807) is 0 Å². The summed E-state index contributed by atoms with van der Waals surface area (Å²) in [5.74, 6) is 2.80. The van der Waals surface area contributed by atoms with Crippen LogP contribution < -0.4 is 5.32 Å². The zero-order valence-corrected chi connectivity index (χ0v) is 17.9. The summed E-state index contributed by atoms with van der Waals surface area (Å²) in [5.41, 5.74) is 1.39. The van der Waals surface area contributed by atoms with Gasteiger partial charge in [0, 0.05) is 64.7 Å². The molecule has 7 heteroatoms. The second-order valence-electron chi connectivity index (χ2n) is 8.47. The normalized spacial score (nSPS) is 19.1. The zero-order valence-electron chi connectivity index (χ0n) is 17.9. The molecule has 4 rings (SSSR count). The van der Waals surface area contributed by atoms with Crippen LogP contribution >= 0.6 is 0 Å². The quantitative estimate of drug-likeness (QED) is 0.755. The van der Waals surface area contributed by atoms with Crippen LogP contribution in [0.25, 0.3) is 0 Å². The Labute approximate surface area is 178 Å². The fraction of sp³-hybridized carbons (Fsp3) is 0.609. The molecule has 2 aliphatic rings. The van der Waals surface area contributed by atoms with E-state index < -0.39 is 0 Å². The first kappa shape index (κ1) is 21.0. The van der Waals surface area contributed by atoms with Gasteiger partial charge in [0.2, 0.25) is 5.91 Å². The number of hydrogen-bond donors (Lipinski definition) is 1. The predicted molar refractivity (Wildman–Crippen MR) is 115 cm³/mol. The van der Waals surface area contributed by atoms with Crippen molar-refractivity contribution in [2.45, 2.75) is 45.1 Å². The van der Waals surface area contributed by atoms with Gasteiger partial charge in [0.1, 0.15) is 11.6 Å². The van der Waals surface area contributed by atoms with E-state index in [-0.39, 0.29) is 11.8 Å². The standard InChI is InChI=1S/C23H33N5O2/c1-18(19-5-3-2-4-6-19)17-27-12-8-22-26-25-21(28(22)14-13-27)7-11-24-23(29)20-9-15-30-16-10-20/h2-6,18,20H,7-17H2,1H3,(H,24,29). The number of hydrogen-bond acceptors (Lipinski definition) is 5. The molecule has 1 N–H and O–H groups in total. The number of fused-ring (bicyclic) bond motifs is 1. The van der Waals surface area contributed by atoms with Crippen molar-refractivity contribution in [3.05, 3.63) is 47.5 Å². The number of ether oxygens (including phenoxy) is 1. The van der Waals surface area contributed by atoms with Gasteiger partial charge >= 0.3 is 0 Å². The molecule has 0 bridgehead atoms. The Hall–Kier alpha value is -2.25. The largest absolute Gasteiger partial charge is 0.381 e. The number of rotatable bonds is 7. The molecule has 0 aliphatic carbocycles. The average molecular weight is 412 g/mol. The van der Waals surface area contributed by atoms with Crippen LogP contribution in [0.3, 0.4) is 0 Å². The Kier molecular flexibility index (Phi) is 7.12. The van der Waals surface area contributed by atoms with Crippen molar-refractivity contribution in [2.75, 3.05) is 39.4 Å². The van der Waals surface area contributed by atoms with Gasteiger partial charge in [-0.05, 0) is 24.3 Å². The van der Waals surface area contributed by atoms with E-state index in [0.717, 1.165) is 63.5 Å². The number of nitrogens with one attached hydrogen (secondary N) is 1. The van der Waals surface area contributed by atoms with Crippen LogP contribution in [0, 0.1) is 5.92 Å².